The number of nitrogens with zero attached hydrogens (tertiary/aromatic N) is 2. The van der Waals surface area contributed by atoms with Crippen molar-refractivity contribution in [1.82, 2.24) is 15.0 Å². The van der Waals surface area contributed by atoms with Crippen LogP contribution in [0.4, 0.5) is 0 Å². The highest BCUT2D eigenvalue weighted by molar-refractivity contribution is 5.91. The molecule has 2 heterocycles. The van der Waals surface area contributed by atoms with Crippen molar-refractivity contribution < 1.29 is 0 Å². The van der Waals surface area contributed by atoms with Gasteiger partial charge in [0.1, 0.15) is 6.33 Å². The highest BCUT2D eigenvalue weighted by Gasteiger charge is 2.23. The van der Waals surface area contributed by atoms with E-state index in [0.29, 0.717) is 0 Å². The predicted molar refractivity (Wildman–Crippen MR) is 76.1 cm³/mol. The van der Waals surface area contributed by atoms with Gasteiger partial charge in [0.15, 0.2) is 0 Å². The van der Waals surface area contributed by atoms with Crippen LogP contribution >= 0.6 is 0 Å². The number of fused-ring (bicyclic) bond motifs is 5. The van der Waals surface area contributed by atoms with Crippen LogP contribution in [0.15, 0.2) is 30.6 Å². The molecule has 3 heteroatoms. The van der Waals surface area contributed by atoms with Crippen molar-refractivity contribution in [2.24, 2.45) is 0 Å². The summed E-state index contributed by atoms with van der Waals surface area (Å²) in [5.74, 6) is 0. The number of aryl methyl sites for hydroxylation is 2. The number of para-hydroxylation sites is 1. The minimum absolute atomic E-state index is 0.973. The third-order valence-corrected chi connectivity index (χ3v) is 4.04. The Hall–Kier alpha value is -2.16. The third kappa shape index (κ3) is 1.44. The van der Waals surface area contributed by atoms with Gasteiger partial charge in [-0.1, -0.05) is 25.1 Å². The van der Waals surface area contributed by atoms with Gasteiger partial charge in [-0.05, 0) is 30.9 Å². The Bertz CT molecular complexity index is 771. The van der Waals surface area contributed by atoms with Crippen LogP contribution in [0, 0.1) is 0 Å². The maximum Gasteiger partial charge on any atom is 0.116 e. The minimum atomic E-state index is 0.973. The molecular formula is C16H15N3. The lowest BCUT2D eigenvalue weighted by Crippen LogP contribution is -2.09. The molecule has 0 radical (unpaired) electrons. The van der Waals surface area contributed by atoms with Crippen molar-refractivity contribution in [2.75, 3.05) is 0 Å². The molecule has 0 saturated heterocycles. The Balaban J connectivity index is 2.04. The monoisotopic (exact) mass is 249 g/mol. The number of rotatable bonds is 1. The van der Waals surface area contributed by atoms with E-state index >= 15 is 0 Å². The fourth-order valence-corrected chi connectivity index (χ4v) is 3.14. The van der Waals surface area contributed by atoms with Crippen LogP contribution in [0.5, 0.6) is 0 Å². The molecular weight excluding hydrogens is 234 g/mol. The van der Waals surface area contributed by atoms with Gasteiger partial charge < -0.3 is 4.98 Å². The topological polar surface area (TPSA) is 41.6 Å². The van der Waals surface area contributed by atoms with E-state index in [1.54, 1.807) is 6.33 Å². The molecule has 0 unspecified atom stereocenters. The molecule has 1 aliphatic rings. The molecule has 19 heavy (non-hydrogen) atoms. The van der Waals surface area contributed by atoms with Crippen molar-refractivity contribution in [3.05, 3.63) is 47.4 Å². The van der Waals surface area contributed by atoms with E-state index in [9.17, 15) is 0 Å². The first-order chi connectivity index (χ1) is 9.38. The van der Waals surface area contributed by atoms with Crippen LogP contribution in [0.2, 0.25) is 0 Å². The van der Waals surface area contributed by atoms with Crippen molar-refractivity contribution >= 4 is 10.9 Å². The van der Waals surface area contributed by atoms with E-state index < -0.39 is 0 Å². The van der Waals surface area contributed by atoms with Crippen molar-refractivity contribution in [1.29, 1.82) is 0 Å². The van der Waals surface area contributed by atoms with Crippen molar-refractivity contribution in [2.45, 2.75) is 26.2 Å². The molecule has 0 atom stereocenters. The Labute approximate surface area is 111 Å². The molecule has 0 spiro atoms. The molecule has 0 amide bonds. The number of hydrogen-bond donors (Lipinski definition) is 1. The lowest BCUT2D eigenvalue weighted by molar-refractivity contribution is 0.864. The molecule has 0 bridgehead atoms. The highest BCUT2D eigenvalue weighted by atomic mass is 14.9. The summed E-state index contributed by atoms with van der Waals surface area (Å²) in [6, 6.07) is 8.50. The zero-order chi connectivity index (χ0) is 12.8. The van der Waals surface area contributed by atoms with Crippen LogP contribution in [0.1, 0.15) is 23.7 Å². The normalized spacial score (nSPS) is 13.3. The van der Waals surface area contributed by atoms with E-state index in [0.717, 1.165) is 25.0 Å². The van der Waals surface area contributed by atoms with Gasteiger partial charge in [0.25, 0.3) is 0 Å². The molecule has 0 aliphatic heterocycles. The number of H-pyrrole nitrogens is 1. The van der Waals surface area contributed by atoms with Gasteiger partial charge in [0, 0.05) is 22.2 Å². The van der Waals surface area contributed by atoms with Gasteiger partial charge in [-0.25, -0.2) is 9.97 Å². The first-order valence-electron chi connectivity index (χ1n) is 6.81. The van der Waals surface area contributed by atoms with Gasteiger partial charge in [-0.15, -0.1) is 0 Å². The summed E-state index contributed by atoms with van der Waals surface area (Å²) in [4.78, 5) is 12.5. The standard InChI is InChI=1S/C16H15N3/c1-2-13-12-8-7-11-10-5-3-4-6-14(10)19-16(11)15(12)18-9-17-13/h3-6,9,19H,2,7-8H2,1H3. The number of aromatic nitrogens is 3. The van der Waals surface area contributed by atoms with Crippen LogP contribution in [0.25, 0.3) is 22.3 Å². The van der Waals surface area contributed by atoms with Gasteiger partial charge in [-0.3, -0.25) is 0 Å². The molecule has 2 aromatic heterocycles. The van der Waals surface area contributed by atoms with E-state index in [4.69, 9.17) is 0 Å². The summed E-state index contributed by atoms with van der Waals surface area (Å²) in [5.41, 5.74) is 7.42. The Morgan fingerprint density at radius 1 is 1.11 bits per heavy atom. The first-order valence-corrected chi connectivity index (χ1v) is 6.81. The number of benzene rings is 1. The van der Waals surface area contributed by atoms with Crippen molar-refractivity contribution in [3.8, 4) is 11.4 Å². The van der Waals surface area contributed by atoms with Crippen LogP contribution in [-0.2, 0) is 19.3 Å². The maximum atomic E-state index is 4.52. The maximum absolute atomic E-state index is 4.52. The lowest BCUT2D eigenvalue weighted by Gasteiger charge is -2.17. The van der Waals surface area contributed by atoms with Gasteiger partial charge in [0.2, 0.25) is 0 Å². The molecule has 4 rings (SSSR count). The van der Waals surface area contributed by atoms with Crippen molar-refractivity contribution in [3.63, 3.8) is 0 Å². The second-order valence-corrected chi connectivity index (χ2v) is 5.03. The van der Waals surface area contributed by atoms with Gasteiger partial charge in [-0.2, -0.15) is 0 Å². The number of aromatic amines is 1. The Morgan fingerprint density at radius 3 is 2.84 bits per heavy atom. The molecule has 1 aromatic carbocycles. The number of hydrogen-bond acceptors (Lipinski definition) is 2. The third-order valence-electron chi connectivity index (χ3n) is 4.04. The van der Waals surface area contributed by atoms with E-state index in [-0.39, 0.29) is 0 Å². The highest BCUT2D eigenvalue weighted by Crippen LogP contribution is 2.36. The summed E-state index contributed by atoms with van der Waals surface area (Å²) < 4.78 is 0. The summed E-state index contributed by atoms with van der Waals surface area (Å²) in [7, 11) is 0. The lowest BCUT2D eigenvalue weighted by atomic mass is 9.91. The Morgan fingerprint density at radius 2 is 1.95 bits per heavy atom. The first kappa shape index (κ1) is 10.7. The predicted octanol–water partition coefficient (Wildman–Crippen LogP) is 3.29. The molecule has 0 fully saturated rings. The molecule has 0 saturated carbocycles. The fraction of sp³-hybridized carbons (Fsp3) is 0.250. The summed E-state index contributed by atoms with van der Waals surface area (Å²) in [6.07, 6.45) is 4.79. The smallest absolute Gasteiger partial charge is 0.116 e. The SMILES string of the molecule is CCc1ncnc2c1CCc1c-2[nH]c2ccccc12. The molecule has 3 nitrogen and oxygen atoms in total. The van der Waals surface area contributed by atoms with Gasteiger partial charge in [0.05, 0.1) is 11.4 Å². The Kier molecular flexibility index (Phi) is 2.21. The minimum Gasteiger partial charge on any atom is -0.353 e. The van der Waals surface area contributed by atoms with E-state index in [2.05, 4.69) is 46.1 Å². The van der Waals surface area contributed by atoms with E-state index in [1.807, 2.05) is 0 Å². The summed E-state index contributed by atoms with van der Waals surface area (Å²) in [6.45, 7) is 2.16. The van der Waals surface area contributed by atoms with Crippen LogP contribution in [-0.4, -0.2) is 15.0 Å². The average molecular weight is 249 g/mol. The molecule has 94 valence electrons. The summed E-state index contributed by atoms with van der Waals surface area (Å²) in [5, 5.41) is 1.33. The molecule has 1 aliphatic carbocycles. The van der Waals surface area contributed by atoms with Gasteiger partial charge >= 0.3 is 0 Å². The molecule has 3 aromatic rings. The second-order valence-electron chi connectivity index (χ2n) is 5.03. The number of nitrogens with one attached hydrogen (secondary N) is 1. The quantitative estimate of drug-likeness (QED) is 0.719. The largest absolute Gasteiger partial charge is 0.353 e. The summed E-state index contributed by atoms with van der Waals surface area (Å²) >= 11 is 0. The molecule has 1 N–H and O–H groups in total. The van der Waals surface area contributed by atoms with Crippen LogP contribution < -0.4 is 0 Å². The zero-order valence-corrected chi connectivity index (χ0v) is 10.9. The average Bonchev–Trinajstić information content (AvgIpc) is 2.85. The van der Waals surface area contributed by atoms with E-state index in [1.165, 1.54) is 33.4 Å². The second kappa shape index (κ2) is 3.92. The van der Waals surface area contributed by atoms with Crippen LogP contribution in [0.3, 0.4) is 0 Å². The zero-order valence-electron chi connectivity index (χ0n) is 10.9. The fourth-order valence-electron chi connectivity index (χ4n) is 3.14.